The monoisotopic (exact) mass is 500 g/mol. The number of alkyl halides is 1. The largest absolute Gasteiger partial charge is 0.465 e. The zero-order valence-electron chi connectivity index (χ0n) is 17.8. The third-order valence-electron chi connectivity index (χ3n) is 4.79. The minimum atomic E-state index is -1.08. The summed E-state index contributed by atoms with van der Waals surface area (Å²) < 4.78 is 0. The highest BCUT2D eigenvalue weighted by Crippen LogP contribution is 2.36. The first-order valence-corrected chi connectivity index (χ1v) is 11.6. The lowest BCUT2D eigenvalue weighted by Gasteiger charge is -2.34. The van der Waals surface area contributed by atoms with Crippen LogP contribution < -0.4 is 10.2 Å². The van der Waals surface area contributed by atoms with Crippen LogP contribution in [0, 0.1) is 0 Å². The number of thiophene rings is 1. The predicted molar refractivity (Wildman–Crippen MR) is 132 cm³/mol. The van der Waals surface area contributed by atoms with Crippen molar-refractivity contribution in [1.29, 1.82) is 0 Å². The minimum absolute atomic E-state index is 0.189. The second-order valence-corrected chi connectivity index (χ2v) is 10.5. The molecule has 0 aliphatic carbocycles. The lowest BCUT2D eigenvalue weighted by atomic mass is 10.0. The van der Waals surface area contributed by atoms with Crippen LogP contribution in [-0.2, 0) is 0 Å². The lowest BCUT2D eigenvalue weighted by molar-refractivity contribution is 0.102. The number of nitrogens with one attached hydrogen (secondary N) is 1. The Bertz CT molecular complexity index is 1070. The Morgan fingerprint density at radius 3 is 2.29 bits per heavy atom. The smallest absolute Gasteiger partial charge is 0.412 e. The van der Waals surface area contributed by atoms with Gasteiger partial charge in [0.05, 0.1) is 11.4 Å². The van der Waals surface area contributed by atoms with Gasteiger partial charge in [0.2, 0.25) is 0 Å². The van der Waals surface area contributed by atoms with E-state index in [9.17, 15) is 14.7 Å². The van der Waals surface area contributed by atoms with Crippen molar-refractivity contribution in [3.05, 3.63) is 71.1 Å². The van der Waals surface area contributed by atoms with Crippen LogP contribution in [0.3, 0.4) is 0 Å². The topological polar surface area (TPSA) is 69.6 Å². The molecule has 3 rings (SSSR count). The molecule has 0 bridgehead atoms. The summed E-state index contributed by atoms with van der Waals surface area (Å²) in [5.74, 6) is -0.294. The van der Waals surface area contributed by atoms with Gasteiger partial charge in [-0.3, -0.25) is 9.69 Å². The molecule has 162 valence electrons. The highest BCUT2D eigenvalue weighted by molar-refractivity contribution is 9.09. The highest BCUT2D eigenvalue weighted by atomic mass is 79.9. The van der Waals surface area contributed by atoms with Crippen molar-refractivity contribution in [2.45, 2.75) is 38.1 Å². The zero-order valence-corrected chi connectivity index (χ0v) is 20.3. The van der Waals surface area contributed by atoms with Gasteiger partial charge < -0.3 is 10.4 Å². The average molecular weight is 501 g/mol. The van der Waals surface area contributed by atoms with E-state index in [1.54, 1.807) is 29.5 Å². The molecule has 2 amide bonds. The predicted octanol–water partition coefficient (Wildman–Crippen LogP) is 7.41. The molecule has 0 fully saturated rings. The molecule has 1 unspecified atom stereocenters. The second kappa shape index (κ2) is 9.24. The van der Waals surface area contributed by atoms with Gasteiger partial charge in [0.15, 0.2) is 0 Å². The van der Waals surface area contributed by atoms with Crippen LogP contribution in [0.1, 0.15) is 48.4 Å². The Hall–Kier alpha value is -2.64. The molecule has 0 aliphatic heterocycles. The van der Waals surface area contributed by atoms with Gasteiger partial charge >= 0.3 is 6.09 Å². The van der Waals surface area contributed by atoms with Crippen LogP contribution in [0.15, 0.2) is 60.0 Å². The fourth-order valence-corrected chi connectivity index (χ4v) is 4.30. The Balaban J connectivity index is 2.03. The molecule has 2 N–H and O–H groups in total. The molecule has 5 nitrogen and oxygen atoms in total. The van der Waals surface area contributed by atoms with Gasteiger partial charge in [0.25, 0.3) is 5.91 Å². The number of carbonyl (C=O) groups excluding carboxylic acids is 1. The summed E-state index contributed by atoms with van der Waals surface area (Å²) >= 11 is 5.10. The normalized spacial score (nSPS) is 12.3. The number of rotatable bonds is 5. The van der Waals surface area contributed by atoms with E-state index < -0.39 is 11.6 Å². The van der Waals surface area contributed by atoms with Crippen molar-refractivity contribution in [2.24, 2.45) is 0 Å². The number of hydrogen-bond acceptors (Lipinski definition) is 3. The summed E-state index contributed by atoms with van der Waals surface area (Å²) in [5, 5.41) is 14.8. The second-order valence-electron chi connectivity index (χ2n) is 8.19. The summed E-state index contributed by atoms with van der Waals surface area (Å²) in [6, 6.07) is 16.7. The van der Waals surface area contributed by atoms with E-state index in [0.29, 0.717) is 16.9 Å². The third kappa shape index (κ3) is 5.35. The van der Waals surface area contributed by atoms with Crippen molar-refractivity contribution in [1.82, 2.24) is 0 Å². The van der Waals surface area contributed by atoms with Crippen LogP contribution in [-0.4, -0.2) is 22.6 Å². The standard InChI is InChI=1S/C24H25BrN2O3S/c1-15(25)16-7-9-17(10-8-16)22(28)26-19-14-18(21-6-5-13-31-21)11-12-20(19)27(23(29)30)24(2,3)4/h5-15H,1-4H3,(H,26,28)(H,29,30). The fraction of sp³-hybridized carbons (Fsp3) is 0.250. The van der Waals surface area contributed by atoms with Crippen LogP contribution in [0.5, 0.6) is 0 Å². The molecular formula is C24H25BrN2O3S. The molecule has 1 aromatic heterocycles. The SMILES string of the molecule is CC(Br)c1ccc(C(=O)Nc2cc(-c3cccs3)ccc2N(C(=O)O)C(C)(C)C)cc1. The molecule has 1 heterocycles. The number of benzene rings is 2. The lowest BCUT2D eigenvalue weighted by Crippen LogP contribution is -2.45. The van der Waals surface area contributed by atoms with Crippen molar-refractivity contribution < 1.29 is 14.7 Å². The third-order valence-corrected chi connectivity index (χ3v) is 6.23. The number of amides is 2. The highest BCUT2D eigenvalue weighted by Gasteiger charge is 2.30. The molecule has 0 saturated carbocycles. The van der Waals surface area contributed by atoms with Crippen LogP contribution in [0.4, 0.5) is 16.2 Å². The molecule has 2 aromatic carbocycles. The Kier molecular flexibility index (Phi) is 6.86. The Morgan fingerprint density at radius 2 is 1.77 bits per heavy atom. The van der Waals surface area contributed by atoms with Gasteiger partial charge in [-0.05, 0) is 74.5 Å². The van der Waals surface area contributed by atoms with Gasteiger partial charge in [-0.15, -0.1) is 11.3 Å². The van der Waals surface area contributed by atoms with Gasteiger partial charge in [0, 0.05) is 20.8 Å². The summed E-state index contributed by atoms with van der Waals surface area (Å²) in [5.41, 5.74) is 2.68. The molecular weight excluding hydrogens is 476 g/mol. The molecule has 3 aromatic rings. The van der Waals surface area contributed by atoms with E-state index in [-0.39, 0.29) is 10.7 Å². The van der Waals surface area contributed by atoms with Crippen molar-refractivity contribution in [3.8, 4) is 10.4 Å². The summed E-state index contributed by atoms with van der Waals surface area (Å²) in [6.07, 6.45) is -1.08. The van der Waals surface area contributed by atoms with E-state index in [1.165, 1.54) is 4.90 Å². The van der Waals surface area contributed by atoms with Crippen molar-refractivity contribution in [3.63, 3.8) is 0 Å². The molecule has 0 aliphatic rings. The van der Waals surface area contributed by atoms with Crippen molar-refractivity contribution >= 4 is 50.6 Å². The van der Waals surface area contributed by atoms with E-state index in [1.807, 2.05) is 69.5 Å². The zero-order chi connectivity index (χ0) is 22.8. The molecule has 1 atom stereocenters. The number of hydrogen-bond donors (Lipinski definition) is 2. The van der Waals surface area contributed by atoms with Crippen LogP contribution >= 0.6 is 27.3 Å². The van der Waals surface area contributed by atoms with E-state index >= 15 is 0 Å². The number of carbonyl (C=O) groups is 2. The number of halogens is 1. The summed E-state index contributed by atoms with van der Waals surface area (Å²) in [6.45, 7) is 7.48. The molecule has 0 saturated heterocycles. The van der Waals surface area contributed by atoms with E-state index in [0.717, 1.165) is 16.0 Å². The fourth-order valence-electron chi connectivity index (χ4n) is 3.27. The Labute approximate surface area is 194 Å². The van der Waals surface area contributed by atoms with Gasteiger partial charge in [-0.25, -0.2) is 4.79 Å². The first-order valence-electron chi connectivity index (χ1n) is 9.84. The Morgan fingerprint density at radius 1 is 1.10 bits per heavy atom. The minimum Gasteiger partial charge on any atom is -0.465 e. The van der Waals surface area contributed by atoms with Gasteiger partial charge in [0.1, 0.15) is 0 Å². The first-order chi connectivity index (χ1) is 14.6. The van der Waals surface area contributed by atoms with Gasteiger partial charge in [-0.1, -0.05) is 40.2 Å². The first kappa shape index (κ1) is 23.0. The summed E-state index contributed by atoms with van der Waals surface area (Å²) in [7, 11) is 0. The molecule has 7 heteroatoms. The quantitative estimate of drug-likeness (QED) is 0.358. The van der Waals surface area contributed by atoms with E-state index in [4.69, 9.17) is 0 Å². The number of anilines is 2. The maximum absolute atomic E-state index is 13.0. The maximum Gasteiger partial charge on any atom is 0.412 e. The molecule has 31 heavy (non-hydrogen) atoms. The van der Waals surface area contributed by atoms with Crippen molar-refractivity contribution in [2.75, 3.05) is 10.2 Å². The van der Waals surface area contributed by atoms with Gasteiger partial charge in [-0.2, -0.15) is 0 Å². The maximum atomic E-state index is 13.0. The van der Waals surface area contributed by atoms with Crippen LogP contribution in [0.2, 0.25) is 0 Å². The number of carboxylic acid groups (broad SMARTS) is 1. The van der Waals surface area contributed by atoms with E-state index in [2.05, 4.69) is 21.2 Å². The summed E-state index contributed by atoms with van der Waals surface area (Å²) in [4.78, 5) is 27.6. The molecule has 0 radical (unpaired) electrons. The number of nitrogens with zero attached hydrogens (tertiary/aromatic N) is 1. The molecule has 0 spiro atoms. The van der Waals surface area contributed by atoms with Crippen LogP contribution in [0.25, 0.3) is 10.4 Å². The average Bonchev–Trinajstić information content (AvgIpc) is 3.22.